The van der Waals surface area contributed by atoms with Crippen LogP contribution in [0.15, 0.2) is 258 Å². The topological polar surface area (TPSA) is 74.8 Å². The Morgan fingerprint density at radius 1 is 0.263 bits per heavy atom. The fourth-order valence-corrected chi connectivity index (χ4v) is 11.9. The highest BCUT2D eigenvalue weighted by atomic mass is 16.3. The average Bonchev–Trinajstić information content (AvgIpc) is 4.28. The Morgan fingerprint density at radius 2 is 0.711 bits per heavy atom. The summed E-state index contributed by atoms with van der Waals surface area (Å²) in [4.78, 5) is 15.9. The molecule has 5 aromatic heterocycles. The van der Waals surface area contributed by atoms with E-state index in [4.69, 9.17) is 23.8 Å². The van der Waals surface area contributed by atoms with Gasteiger partial charge in [0.25, 0.3) is 0 Å². The van der Waals surface area contributed by atoms with Crippen LogP contribution in [0.1, 0.15) is 0 Å². The Labute approximate surface area is 434 Å². The van der Waals surface area contributed by atoms with Gasteiger partial charge in [0.1, 0.15) is 22.3 Å². The number of fused-ring (bicyclic) bond motifs is 14. The van der Waals surface area contributed by atoms with Crippen LogP contribution in [0, 0.1) is 0 Å². The minimum absolute atomic E-state index is 0.558. The lowest BCUT2D eigenvalue weighted by molar-refractivity contribution is 0.672. The second-order valence-corrected chi connectivity index (χ2v) is 19.4. The summed E-state index contributed by atoms with van der Waals surface area (Å²) >= 11 is 0. The van der Waals surface area contributed by atoms with Crippen molar-refractivity contribution in [2.75, 3.05) is 0 Å². The monoisotopic (exact) mass is 971 g/mol. The zero-order valence-corrected chi connectivity index (χ0v) is 40.7. The first-order valence-corrected chi connectivity index (χ1v) is 25.6. The van der Waals surface area contributed by atoms with Gasteiger partial charge in [-0.05, 0) is 101 Å². The second-order valence-electron chi connectivity index (χ2n) is 19.4. The molecule has 0 amide bonds. The standard InChI is InChI=1S/C69H41N5O2/c1-5-19-42(20-6-1)67-70-68(43-21-7-2-8-22-43)72-69(71-67)54-41-44(47-29-17-33-59-61(47)52-37-39-57-63(65(52)75-59)50-27-13-15-31-55(50)73(57)45-23-9-3-10-24-45)35-36-48(54)49-30-18-34-60-62(49)53-38-40-58-64(66(53)76-60)51-28-14-16-32-56(51)74(58)46-25-11-4-12-26-46/h1-41H. The number of rotatable bonds is 7. The lowest BCUT2D eigenvalue weighted by Gasteiger charge is -2.15. The maximum absolute atomic E-state index is 7.08. The predicted molar refractivity (Wildman–Crippen MR) is 310 cm³/mol. The van der Waals surface area contributed by atoms with Gasteiger partial charge < -0.3 is 18.0 Å². The molecule has 0 atom stereocenters. The zero-order valence-electron chi connectivity index (χ0n) is 40.7. The molecule has 0 spiro atoms. The van der Waals surface area contributed by atoms with Crippen molar-refractivity contribution in [1.82, 2.24) is 24.1 Å². The Kier molecular flexibility index (Phi) is 9.20. The van der Waals surface area contributed by atoms with Gasteiger partial charge in [0, 0.05) is 60.4 Å². The van der Waals surface area contributed by atoms with Crippen molar-refractivity contribution in [1.29, 1.82) is 0 Å². The molecule has 0 unspecified atom stereocenters. The van der Waals surface area contributed by atoms with Crippen LogP contribution in [-0.2, 0) is 0 Å². The SMILES string of the molecule is c1ccc(-c2nc(-c3ccccc3)nc(-c3cc(-c4cccc5oc6c(ccc7c6c6ccccc6n7-c6ccccc6)c45)ccc3-c3cccc4oc5c(ccc6c5c5ccccc5n6-c5ccccc5)c34)n2)cc1. The minimum atomic E-state index is 0.558. The third kappa shape index (κ3) is 6.33. The number of benzene rings is 11. The van der Waals surface area contributed by atoms with Crippen LogP contribution < -0.4 is 0 Å². The molecule has 354 valence electrons. The molecule has 0 aliphatic carbocycles. The lowest BCUT2D eigenvalue weighted by atomic mass is 9.90. The molecule has 0 radical (unpaired) electrons. The smallest absolute Gasteiger partial charge is 0.164 e. The van der Waals surface area contributed by atoms with E-state index < -0.39 is 0 Å². The molecule has 76 heavy (non-hydrogen) atoms. The van der Waals surface area contributed by atoms with Crippen LogP contribution in [0.25, 0.3) is 155 Å². The third-order valence-electron chi connectivity index (χ3n) is 15.2. The van der Waals surface area contributed by atoms with Crippen LogP contribution >= 0.6 is 0 Å². The first-order chi connectivity index (χ1) is 37.7. The van der Waals surface area contributed by atoms with Crippen LogP contribution in [-0.4, -0.2) is 24.1 Å². The molecule has 0 aliphatic rings. The molecule has 0 fully saturated rings. The summed E-state index contributed by atoms with van der Waals surface area (Å²) in [6.45, 7) is 0. The normalized spacial score (nSPS) is 11.9. The molecule has 0 bridgehead atoms. The van der Waals surface area contributed by atoms with E-state index >= 15 is 0 Å². The van der Waals surface area contributed by atoms with E-state index in [0.29, 0.717) is 17.5 Å². The van der Waals surface area contributed by atoms with E-state index in [-0.39, 0.29) is 0 Å². The van der Waals surface area contributed by atoms with Gasteiger partial charge in [-0.3, -0.25) is 0 Å². The molecule has 11 aromatic carbocycles. The van der Waals surface area contributed by atoms with Crippen LogP contribution in [0.5, 0.6) is 0 Å². The molecular formula is C69H41N5O2. The molecule has 0 saturated carbocycles. The largest absolute Gasteiger partial charge is 0.455 e. The first kappa shape index (κ1) is 42.2. The zero-order chi connectivity index (χ0) is 49.8. The van der Waals surface area contributed by atoms with E-state index in [0.717, 1.165) is 138 Å². The summed E-state index contributed by atoms with van der Waals surface area (Å²) in [6, 6.07) is 87.1. The van der Waals surface area contributed by atoms with Gasteiger partial charge in [0.15, 0.2) is 17.5 Å². The number of hydrogen-bond donors (Lipinski definition) is 0. The number of para-hydroxylation sites is 4. The molecule has 16 aromatic rings. The van der Waals surface area contributed by atoms with Crippen molar-refractivity contribution in [2.24, 2.45) is 0 Å². The lowest BCUT2D eigenvalue weighted by Crippen LogP contribution is -2.01. The Bertz CT molecular complexity index is 4920. The maximum Gasteiger partial charge on any atom is 0.164 e. The van der Waals surface area contributed by atoms with Crippen molar-refractivity contribution >= 4 is 87.5 Å². The van der Waals surface area contributed by atoms with Gasteiger partial charge in [-0.2, -0.15) is 0 Å². The molecule has 16 rings (SSSR count). The Hall–Kier alpha value is -10.4. The van der Waals surface area contributed by atoms with Gasteiger partial charge in [-0.1, -0.05) is 170 Å². The quantitative estimate of drug-likeness (QED) is 0.159. The van der Waals surface area contributed by atoms with Gasteiger partial charge in [0.05, 0.1) is 32.8 Å². The van der Waals surface area contributed by atoms with Crippen molar-refractivity contribution < 1.29 is 8.83 Å². The maximum atomic E-state index is 7.08. The van der Waals surface area contributed by atoms with Gasteiger partial charge >= 0.3 is 0 Å². The van der Waals surface area contributed by atoms with Gasteiger partial charge in [-0.15, -0.1) is 0 Å². The van der Waals surface area contributed by atoms with E-state index in [1.807, 2.05) is 36.4 Å². The highest BCUT2D eigenvalue weighted by Crippen LogP contribution is 2.48. The van der Waals surface area contributed by atoms with Crippen LogP contribution in [0.4, 0.5) is 0 Å². The van der Waals surface area contributed by atoms with Crippen molar-refractivity contribution in [3.8, 4) is 67.8 Å². The van der Waals surface area contributed by atoms with Crippen molar-refractivity contribution in [3.63, 3.8) is 0 Å². The molecule has 7 nitrogen and oxygen atoms in total. The highest BCUT2D eigenvalue weighted by Gasteiger charge is 2.25. The van der Waals surface area contributed by atoms with Gasteiger partial charge in [0.2, 0.25) is 0 Å². The summed E-state index contributed by atoms with van der Waals surface area (Å²) in [7, 11) is 0. The van der Waals surface area contributed by atoms with E-state index in [1.54, 1.807) is 0 Å². The fraction of sp³-hybridized carbons (Fsp3) is 0. The molecule has 5 heterocycles. The average molecular weight is 972 g/mol. The summed E-state index contributed by atoms with van der Waals surface area (Å²) in [5.41, 5.74) is 16.6. The Morgan fingerprint density at radius 3 is 1.24 bits per heavy atom. The predicted octanol–water partition coefficient (Wildman–Crippen LogP) is 18.2. The van der Waals surface area contributed by atoms with Gasteiger partial charge in [-0.25, -0.2) is 15.0 Å². The van der Waals surface area contributed by atoms with E-state index in [2.05, 4.69) is 221 Å². The molecular weight excluding hydrogens is 931 g/mol. The Balaban J connectivity index is 0.963. The molecule has 0 saturated heterocycles. The van der Waals surface area contributed by atoms with E-state index in [1.165, 1.54) is 0 Å². The number of furan rings is 2. The summed E-state index contributed by atoms with van der Waals surface area (Å²) in [5, 5.41) is 8.58. The second kappa shape index (κ2) is 16.6. The summed E-state index contributed by atoms with van der Waals surface area (Å²) in [5.74, 6) is 1.74. The van der Waals surface area contributed by atoms with E-state index in [9.17, 15) is 0 Å². The number of aromatic nitrogens is 5. The number of hydrogen-bond acceptors (Lipinski definition) is 5. The van der Waals surface area contributed by atoms with Crippen molar-refractivity contribution in [2.45, 2.75) is 0 Å². The first-order valence-electron chi connectivity index (χ1n) is 25.6. The number of nitrogens with zero attached hydrogens (tertiary/aromatic N) is 5. The molecule has 0 N–H and O–H groups in total. The molecule has 0 aliphatic heterocycles. The summed E-state index contributed by atoms with van der Waals surface area (Å²) < 4.78 is 18.8. The highest BCUT2D eigenvalue weighted by molar-refractivity contribution is 6.27. The third-order valence-corrected chi connectivity index (χ3v) is 15.2. The summed E-state index contributed by atoms with van der Waals surface area (Å²) in [6.07, 6.45) is 0. The van der Waals surface area contributed by atoms with Crippen molar-refractivity contribution in [3.05, 3.63) is 249 Å². The fourth-order valence-electron chi connectivity index (χ4n) is 11.9. The minimum Gasteiger partial charge on any atom is -0.455 e. The van der Waals surface area contributed by atoms with Crippen LogP contribution in [0.2, 0.25) is 0 Å². The molecule has 7 heteroatoms. The van der Waals surface area contributed by atoms with Crippen LogP contribution in [0.3, 0.4) is 0 Å².